The Bertz CT molecular complexity index is 1080. The first kappa shape index (κ1) is 20.6. The number of ether oxygens (including phenoxy) is 1. The maximum Gasteiger partial charge on any atom is 0.251 e. The quantitative estimate of drug-likeness (QED) is 0.621. The van der Waals surface area contributed by atoms with E-state index in [9.17, 15) is 9.59 Å². The van der Waals surface area contributed by atoms with Gasteiger partial charge in [-0.3, -0.25) is 9.59 Å². The van der Waals surface area contributed by atoms with E-state index >= 15 is 0 Å². The van der Waals surface area contributed by atoms with Crippen molar-refractivity contribution in [1.29, 1.82) is 0 Å². The van der Waals surface area contributed by atoms with Gasteiger partial charge in [-0.25, -0.2) is 4.98 Å². The smallest absolute Gasteiger partial charge is 0.251 e. The highest BCUT2D eigenvalue weighted by Gasteiger charge is 2.23. The van der Waals surface area contributed by atoms with Crippen LogP contribution in [0.25, 0.3) is 11.0 Å². The standard InChI is InChI=1S/C22H23BrN4O3/c1-15(24-22(29)16-5-4-6-17(23)13-16)21-25-18-7-2-3-8-19(18)27(21)14-20(28)26-9-11-30-12-10-26/h2-8,13,15H,9-12,14H2,1H3,(H,24,29). The first-order chi connectivity index (χ1) is 14.5. The molecule has 1 N–H and O–H groups in total. The van der Waals surface area contributed by atoms with Crippen LogP contribution in [0, 0.1) is 0 Å². The predicted octanol–water partition coefficient (Wildman–Crippen LogP) is 3.15. The first-order valence-electron chi connectivity index (χ1n) is 9.90. The fourth-order valence-electron chi connectivity index (χ4n) is 3.61. The molecule has 30 heavy (non-hydrogen) atoms. The lowest BCUT2D eigenvalue weighted by atomic mass is 10.2. The van der Waals surface area contributed by atoms with Crippen molar-refractivity contribution in [3.63, 3.8) is 0 Å². The molecule has 1 saturated heterocycles. The molecule has 2 amide bonds. The Balaban J connectivity index is 1.60. The van der Waals surface area contributed by atoms with Gasteiger partial charge in [-0.2, -0.15) is 0 Å². The second kappa shape index (κ2) is 8.97. The van der Waals surface area contributed by atoms with Crippen molar-refractivity contribution in [3.8, 4) is 0 Å². The Hall–Kier alpha value is -2.71. The Morgan fingerprint density at radius 3 is 2.70 bits per heavy atom. The third-order valence-corrected chi connectivity index (χ3v) is 5.66. The molecule has 0 radical (unpaired) electrons. The monoisotopic (exact) mass is 470 g/mol. The van der Waals surface area contributed by atoms with Gasteiger partial charge in [0, 0.05) is 23.1 Å². The number of rotatable bonds is 5. The van der Waals surface area contributed by atoms with E-state index in [0.29, 0.717) is 37.7 Å². The SMILES string of the molecule is CC(NC(=O)c1cccc(Br)c1)c1nc2ccccc2n1CC(=O)N1CCOCC1. The van der Waals surface area contributed by atoms with Gasteiger partial charge in [0.15, 0.2) is 0 Å². The summed E-state index contributed by atoms with van der Waals surface area (Å²) < 4.78 is 8.09. The number of carbonyl (C=O) groups is 2. The molecule has 0 saturated carbocycles. The fourth-order valence-corrected chi connectivity index (χ4v) is 4.01. The van der Waals surface area contributed by atoms with Gasteiger partial charge < -0.3 is 19.5 Å². The van der Waals surface area contributed by atoms with Gasteiger partial charge >= 0.3 is 0 Å². The molecule has 1 aliphatic heterocycles. The summed E-state index contributed by atoms with van der Waals surface area (Å²) in [5, 5.41) is 3.01. The summed E-state index contributed by atoms with van der Waals surface area (Å²) in [6, 6.07) is 14.5. The zero-order chi connectivity index (χ0) is 21.1. The second-order valence-electron chi connectivity index (χ2n) is 7.24. The first-order valence-corrected chi connectivity index (χ1v) is 10.7. The van der Waals surface area contributed by atoms with Crippen molar-refractivity contribution >= 4 is 38.8 Å². The molecule has 1 fully saturated rings. The van der Waals surface area contributed by atoms with Gasteiger partial charge in [0.1, 0.15) is 12.4 Å². The number of nitrogens with zero attached hydrogens (tertiary/aromatic N) is 3. The molecule has 4 rings (SSSR count). The number of benzene rings is 2. The summed E-state index contributed by atoms with van der Waals surface area (Å²) in [7, 11) is 0. The van der Waals surface area contributed by atoms with Gasteiger partial charge in [-0.15, -0.1) is 0 Å². The maximum atomic E-state index is 12.9. The molecule has 1 aliphatic rings. The Kier molecular flexibility index (Phi) is 6.15. The van der Waals surface area contributed by atoms with Crippen LogP contribution in [0.4, 0.5) is 0 Å². The number of para-hydroxylation sites is 2. The zero-order valence-corrected chi connectivity index (χ0v) is 18.3. The molecule has 0 bridgehead atoms. The number of imidazole rings is 1. The lowest BCUT2D eigenvalue weighted by Crippen LogP contribution is -2.42. The van der Waals surface area contributed by atoms with E-state index in [2.05, 4.69) is 21.2 Å². The van der Waals surface area contributed by atoms with Crippen molar-refractivity contribution in [1.82, 2.24) is 19.8 Å². The van der Waals surface area contributed by atoms with Crippen LogP contribution in [0.15, 0.2) is 53.0 Å². The van der Waals surface area contributed by atoms with Crippen LogP contribution in [0.1, 0.15) is 29.1 Å². The molecular weight excluding hydrogens is 448 g/mol. The molecule has 156 valence electrons. The summed E-state index contributed by atoms with van der Waals surface area (Å²) in [6.07, 6.45) is 0. The third-order valence-electron chi connectivity index (χ3n) is 5.16. The van der Waals surface area contributed by atoms with Gasteiger partial charge in [0.2, 0.25) is 5.91 Å². The van der Waals surface area contributed by atoms with E-state index in [4.69, 9.17) is 9.72 Å². The lowest BCUT2D eigenvalue weighted by Gasteiger charge is -2.27. The fraction of sp³-hybridized carbons (Fsp3) is 0.318. The molecule has 8 heteroatoms. The Labute approximate surface area is 183 Å². The van der Waals surface area contributed by atoms with Crippen molar-refractivity contribution < 1.29 is 14.3 Å². The largest absolute Gasteiger partial charge is 0.378 e. The summed E-state index contributed by atoms with van der Waals surface area (Å²) in [4.78, 5) is 32.1. The number of fused-ring (bicyclic) bond motifs is 1. The highest BCUT2D eigenvalue weighted by Crippen LogP contribution is 2.22. The van der Waals surface area contributed by atoms with Gasteiger partial charge in [-0.1, -0.05) is 34.1 Å². The Morgan fingerprint density at radius 1 is 1.17 bits per heavy atom. The van der Waals surface area contributed by atoms with Crippen LogP contribution in [0.3, 0.4) is 0 Å². The number of morpholine rings is 1. The van der Waals surface area contributed by atoms with E-state index in [1.807, 2.05) is 52.8 Å². The Morgan fingerprint density at radius 2 is 1.93 bits per heavy atom. The van der Waals surface area contributed by atoms with Crippen molar-refractivity contribution in [2.75, 3.05) is 26.3 Å². The van der Waals surface area contributed by atoms with Gasteiger partial charge in [0.05, 0.1) is 30.3 Å². The molecule has 1 aromatic heterocycles. The number of halogens is 1. The van der Waals surface area contributed by atoms with Gasteiger partial charge in [0.25, 0.3) is 5.91 Å². The van der Waals surface area contributed by atoms with Crippen LogP contribution in [-0.4, -0.2) is 52.6 Å². The second-order valence-corrected chi connectivity index (χ2v) is 8.16. The molecule has 2 heterocycles. The number of nitrogens with one attached hydrogen (secondary N) is 1. The number of hydrogen-bond acceptors (Lipinski definition) is 4. The van der Waals surface area contributed by atoms with E-state index < -0.39 is 0 Å². The average Bonchev–Trinajstić information content (AvgIpc) is 3.13. The van der Waals surface area contributed by atoms with E-state index in [0.717, 1.165) is 15.5 Å². The molecule has 2 aromatic carbocycles. The molecule has 3 aromatic rings. The number of hydrogen-bond donors (Lipinski definition) is 1. The minimum Gasteiger partial charge on any atom is -0.378 e. The molecule has 1 atom stereocenters. The predicted molar refractivity (Wildman–Crippen MR) is 117 cm³/mol. The molecule has 0 aliphatic carbocycles. The number of aromatic nitrogens is 2. The average molecular weight is 471 g/mol. The maximum absolute atomic E-state index is 12.9. The van der Waals surface area contributed by atoms with Gasteiger partial charge in [-0.05, 0) is 37.3 Å². The van der Waals surface area contributed by atoms with Crippen molar-refractivity contribution in [2.45, 2.75) is 19.5 Å². The minimum atomic E-state index is -0.374. The number of carbonyl (C=O) groups excluding carboxylic acids is 2. The highest BCUT2D eigenvalue weighted by atomic mass is 79.9. The van der Waals surface area contributed by atoms with Crippen molar-refractivity contribution in [2.24, 2.45) is 0 Å². The highest BCUT2D eigenvalue weighted by molar-refractivity contribution is 9.10. The van der Waals surface area contributed by atoms with Crippen molar-refractivity contribution in [3.05, 3.63) is 64.4 Å². The van der Waals surface area contributed by atoms with Crippen LogP contribution >= 0.6 is 15.9 Å². The van der Waals surface area contributed by atoms with E-state index in [-0.39, 0.29) is 24.4 Å². The molecule has 7 nitrogen and oxygen atoms in total. The summed E-state index contributed by atoms with van der Waals surface area (Å²) in [5.41, 5.74) is 2.23. The van der Waals surface area contributed by atoms with Crippen LogP contribution in [0.5, 0.6) is 0 Å². The third kappa shape index (κ3) is 4.39. The summed E-state index contributed by atoms with van der Waals surface area (Å²) in [6.45, 7) is 4.36. The summed E-state index contributed by atoms with van der Waals surface area (Å²) >= 11 is 3.39. The number of amides is 2. The van der Waals surface area contributed by atoms with E-state index in [1.54, 1.807) is 12.1 Å². The topological polar surface area (TPSA) is 76.5 Å². The summed E-state index contributed by atoms with van der Waals surface area (Å²) in [5.74, 6) is 0.483. The van der Waals surface area contributed by atoms with Crippen LogP contribution in [0.2, 0.25) is 0 Å². The molecular formula is C22H23BrN4O3. The molecule has 1 unspecified atom stereocenters. The zero-order valence-electron chi connectivity index (χ0n) is 16.7. The molecule has 0 spiro atoms. The van der Waals surface area contributed by atoms with Crippen LogP contribution < -0.4 is 5.32 Å². The normalized spacial score (nSPS) is 15.2. The minimum absolute atomic E-state index is 0.0215. The van der Waals surface area contributed by atoms with E-state index in [1.165, 1.54) is 0 Å². The lowest BCUT2D eigenvalue weighted by molar-refractivity contribution is -0.135. The van der Waals surface area contributed by atoms with Crippen LogP contribution in [-0.2, 0) is 16.1 Å².